The van der Waals surface area contributed by atoms with Crippen molar-refractivity contribution in [3.05, 3.63) is 28.7 Å². The summed E-state index contributed by atoms with van der Waals surface area (Å²) < 4.78 is 1.90. The van der Waals surface area contributed by atoms with Gasteiger partial charge in [-0.3, -0.25) is 9.59 Å². The van der Waals surface area contributed by atoms with Crippen molar-refractivity contribution in [1.82, 2.24) is 24.8 Å². The molecule has 2 aromatic rings. The summed E-state index contributed by atoms with van der Waals surface area (Å²) in [5.41, 5.74) is 4.52. The summed E-state index contributed by atoms with van der Waals surface area (Å²) in [6.07, 6.45) is 2.94. The molecular formula is C24H37N5O2. The van der Waals surface area contributed by atoms with Crippen LogP contribution in [0.15, 0.2) is 6.07 Å². The maximum absolute atomic E-state index is 12.6. The third-order valence-corrected chi connectivity index (χ3v) is 6.34. The van der Waals surface area contributed by atoms with Crippen LogP contribution < -0.4 is 5.32 Å². The van der Waals surface area contributed by atoms with Crippen LogP contribution in [0, 0.1) is 19.3 Å². The second kappa shape index (κ2) is 8.97. The molecule has 0 spiro atoms. The summed E-state index contributed by atoms with van der Waals surface area (Å²) in [5.74, 6) is 0.503. The van der Waals surface area contributed by atoms with Crippen molar-refractivity contribution in [1.29, 1.82) is 0 Å². The van der Waals surface area contributed by atoms with Gasteiger partial charge >= 0.3 is 0 Å². The van der Waals surface area contributed by atoms with E-state index in [1.165, 1.54) is 0 Å². The Bertz CT molecular complexity index is 972. The number of nitrogens with zero attached hydrogens (tertiary/aromatic N) is 4. The van der Waals surface area contributed by atoms with Gasteiger partial charge in [0.1, 0.15) is 0 Å². The van der Waals surface area contributed by atoms with Crippen LogP contribution in [0.25, 0.3) is 5.65 Å². The van der Waals surface area contributed by atoms with Crippen molar-refractivity contribution in [3.8, 4) is 0 Å². The molecule has 31 heavy (non-hydrogen) atoms. The van der Waals surface area contributed by atoms with Gasteiger partial charge in [0.05, 0.1) is 5.69 Å². The Kier molecular flexibility index (Phi) is 6.72. The number of amides is 2. The molecule has 2 aromatic heterocycles. The Labute approximate surface area is 185 Å². The minimum atomic E-state index is -0.362. The predicted molar refractivity (Wildman–Crippen MR) is 122 cm³/mol. The van der Waals surface area contributed by atoms with Crippen molar-refractivity contribution < 1.29 is 9.59 Å². The third-order valence-electron chi connectivity index (χ3n) is 6.34. The minimum Gasteiger partial charge on any atom is -0.354 e. The van der Waals surface area contributed by atoms with Gasteiger partial charge in [-0.25, -0.2) is 9.50 Å². The molecule has 0 saturated carbocycles. The first kappa shape index (κ1) is 23.2. The molecular weight excluding hydrogens is 390 g/mol. The van der Waals surface area contributed by atoms with Crippen LogP contribution in [-0.4, -0.2) is 50.4 Å². The molecule has 2 atom stereocenters. The fourth-order valence-electron chi connectivity index (χ4n) is 4.25. The number of nitrogens with one attached hydrogen (secondary N) is 1. The second-order valence-corrected chi connectivity index (χ2v) is 9.96. The van der Waals surface area contributed by atoms with Crippen molar-refractivity contribution in [2.75, 3.05) is 13.1 Å². The molecule has 0 unspecified atom stereocenters. The maximum Gasteiger partial charge on any atom is 0.227 e. The monoisotopic (exact) mass is 427 g/mol. The highest BCUT2D eigenvalue weighted by Crippen LogP contribution is 2.30. The molecule has 170 valence electrons. The van der Waals surface area contributed by atoms with Crippen LogP contribution in [-0.2, 0) is 16.0 Å². The highest BCUT2D eigenvalue weighted by molar-refractivity contribution is 5.81. The second-order valence-electron chi connectivity index (χ2n) is 9.96. The minimum absolute atomic E-state index is 0.0731. The van der Waals surface area contributed by atoms with Crippen LogP contribution >= 0.6 is 0 Å². The van der Waals surface area contributed by atoms with E-state index in [1.54, 1.807) is 0 Å². The number of hydrogen-bond donors (Lipinski definition) is 1. The van der Waals surface area contributed by atoms with Crippen LogP contribution in [0.5, 0.6) is 0 Å². The number of rotatable bonds is 6. The van der Waals surface area contributed by atoms with Gasteiger partial charge in [-0.1, -0.05) is 27.7 Å². The fraction of sp³-hybridized carbons (Fsp3) is 0.667. The van der Waals surface area contributed by atoms with Crippen molar-refractivity contribution in [2.24, 2.45) is 5.41 Å². The molecule has 0 aliphatic carbocycles. The van der Waals surface area contributed by atoms with Crippen LogP contribution in [0.4, 0.5) is 0 Å². The van der Waals surface area contributed by atoms with Crippen molar-refractivity contribution in [3.63, 3.8) is 0 Å². The summed E-state index contributed by atoms with van der Waals surface area (Å²) >= 11 is 0. The average molecular weight is 428 g/mol. The topological polar surface area (TPSA) is 79.6 Å². The molecule has 3 rings (SSSR count). The first-order chi connectivity index (χ1) is 14.5. The third kappa shape index (κ3) is 5.08. The van der Waals surface area contributed by atoms with E-state index in [-0.39, 0.29) is 29.2 Å². The first-order valence-corrected chi connectivity index (χ1v) is 11.5. The smallest absolute Gasteiger partial charge is 0.227 e. The predicted octanol–water partition coefficient (Wildman–Crippen LogP) is 3.56. The zero-order valence-electron chi connectivity index (χ0n) is 20.1. The summed E-state index contributed by atoms with van der Waals surface area (Å²) in [6.45, 7) is 15.5. The van der Waals surface area contributed by atoms with E-state index >= 15 is 0 Å². The highest BCUT2D eigenvalue weighted by Gasteiger charge is 2.34. The van der Waals surface area contributed by atoms with Gasteiger partial charge in [-0.2, -0.15) is 5.10 Å². The molecule has 1 saturated heterocycles. The van der Waals surface area contributed by atoms with Crippen molar-refractivity contribution in [2.45, 2.75) is 86.1 Å². The largest absolute Gasteiger partial charge is 0.354 e. The summed E-state index contributed by atoms with van der Waals surface area (Å²) in [6, 6.07) is 2.25. The van der Waals surface area contributed by atoms with E-state index in [0.29, 0.717) is 19.4 Å². The molecule has 7 nitrogen and oxygen atoms in total. The standard InChI is InChI=1S/C24H37N5O2/c1-8-15(2)25-22(30)10-9-19-16(3)26-21-13-20(27-29(21)17(19)4)18-11-12-28(14-18)23(31)24(5,6)7/h13,15,18H,8-12,14H2,1-7H3,(H,25,30)/t15-,18+/m0/s1. The van der Waals surface area contributed by atoms with E-state index in [4.69, 9.17) is 10.1 Å². The molecule has 3 heterocycles. The van der Waals surface area contributed by atoms with Crippen LogP contribution in [0.2, 0.25) is 0 Å². The van der Waals surface area contributed by atoms with Gasteiger partial charge in [-0.05, 0) is 45.6 Å². The molecule has 7 heteroatoms. The lowest BCUT2D eigenvalue weighted by molar-refractivity contribution is -0.138. The van der Waals surface area contributed by atoms with Gasteiger partial charge in [0.25, 0.3) is 0 Å². The van der Waals surface area contributed by atoms with Gasteiger partial charge in [0.2, 0.25) is 11.8 Å². The van der Waals surface area contributed by atoms with E-state index in [2.05, 4.69) is 18.3 Å². The lowest BCUT2D eigenvalue weighted by atomic mass is 9.95. The molecule has 2 amide bonds. The van der Waals surface area contributed by atoms with E-state index < -0.39 is 0 Å². The number of likely N-dealkylation sites (tertiary alicyclic amines) is 1. The maximum atomic E-state index is 12.6. The lowest BCUT2D eigenvalue weighted by Gasteiger charge is -2.25. The zero-order chi connectivity index (χ0) is 22.9. The highest BCUT2D eigenvalue weighted by atomic mass is 16.2. The number of aromatic nitrogens is 3. The van der Waals surface area contributed by atoms with Crippen LogP contribution in [0.3, 0.4) is 0 Å². The van der Waals surface area contributed by atoms with Gasteiger partial charge in [-0.15, -0.1) is 0 Å². The molecule has 1 N–H and O–H groups in total. The molecule has 0 bridgehead atoms. The van der Waals surface area contributed by atoms with Gasteiger partial charge in [0, 0.05) is 54.3 Å². The molecule has 1 aliphatic rings. The Morgan fingerprint density at radius 3 is 2.65 bits per heavy atom. The molecule has 1 aliphatic heterocycles. The van der Waals surface area contributed by atoms with E-state index in [9.17, 15) is 9.59 Å². The van der Waals surface area contributed by atoms with E-state index in [1.807, 2.05) is 51.0 Å². The number of aryl methyl sites for hydroxylation is 2. The number of carbonyl (C=O) groups is 2. The van der Waals surface area contributed by atoms with Gasteiger partial charge < -0.3 is 10.2 Å². The summed E-state index contributed by atoms with van der Waals surface area (Å²) in [7, 11) is 0. The normalized spacial score (nSPS) is 17.9. The Balaban J connectivity index is 1.77. The first-order valence-electron chi connectivity index (χ1n) is 11.5. The number of hydrogen-bond acceptors (Lipinski definition) is 4. The molecule has 0 radical (unpaired) electrons. The summed E-state index contributed by atoms with van der Waals surface area (Å²) in [4.78, 5) is 31.6. The number of carbonyl (C=O) groups excluding carboxylic acids is 2. The zero-order valence-corrected chi connectivity index (χ0v) is 20.1. The SMILES string of the molecule is CC[C@H](C)NC(=O)CCc1c(C)nc2cc([C@@H]3CCN(C(=O)C(C)(C)C)C3)nn2c1C. The quantitative estimate of drug-likeness (QED) is 0.764. The molecule has 0 aromatic carbocycles. The average Bonchev–Trinajstić information content (AvgIpc) is 3.33. The Morgan fingerprint density at radius 1 is 1.29 bits per heavy atom. The summed E-state index contributed by atoms with van der Waals surface area (Å²) in [5, 5.41) is 7.88. The number of fused-ring (bicyclic) bond motifs is 1. The Hall–Kier alpha value is -2.44. The van der Waals surface area contributed by atoms with E-state index in [0.717, 1.165) is 47.7 Å². The molecule has 1 fully saturated rings. The Morgan fingerprint density at radius 2 is 2.00 bits per heavy atom. The van der Waals surface area contributed by atoms with Crippen LogP contribution in [0.1, 0.15) is 82.4 Å². The van der Waals surface area contributed by atoms with Crippen molar-refractivity contribution >= 4 is 17.5 Å². The van der Waals surface area contributed by atoms with Gasteiger partial charge in [0.15, 0.2) is 5.65 Å². The lowest BCUT2D eigenvalue weighted by Crippen LogP contribution is -2.37. The fourth-order valence-corrected chi connectivity index (χ4v) is 4.25.